The van der Waals surface area contributed by atoms with Gasteiger partial charge in [0.25, 0.3) is 0 Å². The van der Waals surface area contributed by atoms with Crippen LogP contribution in [-0.4, -0.2) is 13.2 Å². The molecule has 1 saturated heterocycles. The van der Waals surface area contributed by atoms with Crippen LogP contribution in [0.15, 0.2) is 24.3 Å². The van der Waals surface area contributed by atoms with Crippen LogP contribution >= 0.6 is 11.6 Å². The quantitative estimate of drug-likeness (QED) is 0.783. The summed E-state index contributed by atoms with van der Waals surface area (Å²) >= 11 is 6.10. The summed E-state index contributed by atoms with van der Waals surface area (Å²) in [6.07, 6.45) is 0.746. The van der Waals surface area contributed by atoms with Gasteiger partial charge in [-0.15, -0.1) is 0 Å². The molecule has 0 atom stereocenters. The highest BCUT2D eigenvalue weighted by Gasteiger charge is 2.32. The van der Waals surface area contributed by atoms with E-state index in [4.69, 9.17) is 21.1 Å². The molecular formula is C13H17ClO2. The summed E-state index contributed by atoms with van der Waals surface area (Å²) in [4.78, 5) is 0. The Morgan fingerprint density at radius 2 is 1.94 bits per heavy atom. The lowest BCUT2D eigenvalue weighted by atomic mass is 9.89. The maximum atomic E-state index is 6.10. The highest BCUT2D eigenvalue weighted by atomic mass is 35.5. The second kappa shape index (κ2) is 4.74. The Morgan fingerprint density at radius 3 is 2.50 bits per heavy atom. The molecule has 1 heterocycles. The van der Waals surface area contributed by atoms with E-state index in [1.165, 1.54) is 0 Å². The third-order valence-corrected chi connectivity index (χ3v) is 3.52. The smallest absolute Gasteiger partial charge is 0.185 e. The van der Waals surface area contributed by atoms with Gasteiger partial charge in [0.2, 0.25) is 0 Å². The normalized spacial score (nSPS) is 30.3. The van der Waals surface area contributed by atoms with E-state index in [1.807, 2.05) is 24.3 Å². The van der Waals surface area contributed by atoms with Crippen LogP contribution in [0.2, 0.25) is 5.02 Å². The van der Waals surface area contributed by atoms with Crippen LogP contribution in [0, 0.1) is 5.41 Å². The number of ether oxygens (including phenoxy) is 2. The van der Waals surface area contributed by atoms with Gasteiger partial charge in [0.1, 0.15) is 0 Å². The van der Waals surface area contributed by atoms with Gasteiger partial charge < -0.3 is 9.47 Å². The van der Waals surface area contributed by atoms with Crippen molar-refractivity contribution in [2.24, 2.45) is 5.41 Å². The van der Waals surface area contributed by atoms with Crippen molar-refractivity contribution in [2.75, 3.05) is 13.2 Å². The van der Waals surface area contributed by atoms with Gasteiger partial charge in [-0.05, 0) is 12.5 Å². The maximum Gasteiger partial charge on any atom is 0.185 e. The van der Waals surface area contributed by atoms with E-state index in [1.54, 1.807) is 0 Å². The predicted octanol–water partition coefficient (Wildman–Crippen LogP) is 3.80. The van der Waals surface area contributed by atoms with Crippen molar-refractivity contribution in [2.45, 2.75) is 26.6 Å². The second-order valence-electron chi connectivity index (χ2n) is 4.64. The standard InChI is InChI=1S/C13H17ClO2/c1-3-13(2)8-15-12(16-9-13)10-6-4-5-7-11(10)14/h4-7,12H,3,8-9H2,1-2H3. The lowest BCUT2D eigenvalue weighted by Crippen LogP contribution is -2.35. The van der Waals surface area contributed by atoms with E-state index < -0.39 is 0 Å². The van der Waals surface area contributed by atoms with E-state index >= 15 is 0 Å². The first-order valence-corrected chi connectivity index (χ1v) is 6.00. The van der Waals surface area contributed by atoms with Gasteiger partial charge in [0, 0.05) is 16.0 Å². The molecule has 0 N–H and O–H groups in total. The molecule has 3 heteroatoms. The molecule has 1 aromatic rings. The minimum absolute atomic E-state index is 0.137. The van der Waals surface area contributed by atoms with Gasteiger partial charge in [-0.3, -0.25) is 0 Å². The number of halogens is 1. The number of hydrogen-bond acceptors (Lipinski definition) is 2. The van der Waals surface area contributed by atoms with Crippen LogP contribution in [-0.2, 0) is 9.47 Å². The molecule has 1 aromatic carbocycles. The van der Waals surface area contributed by atoms with Crippen LogP contribution in [0.25, 0.3) is 0 Å². The molecule has 0 saturated carbocycles. The molecule has 0 amide bonds. The summed E-state index contributed by atoms with van der Waals surface area (Å²) in [5, 5.41) is 0.701. The van der Waals surface area contributed by atoms with Gasteiger partial charge in [-0.25, -0.2) is 0 Å². The molecule has 0 radical (unpaired) electrons. The Hall–Kier alpha value is -0.570. The molecule has 0 spiro atoms. The Balaban J connectivity index is 2.07. The molecule has 1 aliphatic heterocycles. The first kappa shape index (κ1) is 11.9. The first-order valence-electron chi connectivity index (χ1n) is 5.62. The number of benzene rings is 1. The Kier molecular flexibility index (Phi) is 3.53. The number of hydrogen-bond donors (Lipinski definition) is 0. The molecule has 0 bridgehead atoms. The molecule has 16 heavy (non-hydrogen) atoms. The summed E-state index contributed by atoms with van der Waals surface area (Å²) in [7, 11) is 0. The van der Waals surface area contributed by atoms with Crippen LogP contribution in [0.4, 0.5) is 0 Å². The lowest BCUT2D eigenvalue weighted by molar-refractivity contribution is -0.230. The molecule has 2 rings (SSSR count). The van der Waals surface area contributed by atoms with Gasteiger partial charge in [0.15, 0.2) is 6.29 Å². The number of rotatable bonds is 2. The van der Waals surface area contributed by atoms with Gasteiger partial charge in [0.05, 0.1) is 13.2 Å². The molecule has 0 aliphatic carbocycles. The zero-order valence-corrected chi connectivity index (χ0v) is 10.5. The fraction of sp³-hybridized carbons (Fsp3) is 0.538. The topological polar surface area (TPSA) is 18.5 Å². The van der Waals surface area contributed by atoms with E-state index in [0.29, 0.717) is 5.02 Å². The Bertz CT molecular complexity index is 357. The molecule has 0 unspecified atom stereocenters. The predicted molar refractivity (Wildman–Crippen MR) is 64.5 cm³/mol. The fourth-order valence-corrected chi connectivity index (χ4v) is 1.92. The highest BCUT2D eigenvalue weighted by Crippen LogP contribution is 2.35. The zero-order chi connectivity index (χ0) is 11.6. The van der Waals surface area contributed by atoms with Crippen molar-refractivity contribution in [1.29, 1.82) is 0 Å². The van der Waals surface area contributed by atoms with Crippen molar-refractivity contribution in [3.63, 3.8) is 0 Å². The Morgan fingerprint density at radius 1 is 1.31 bits per heavy atom. The lowest BCUT2D eigenvalue weighted by Gasteiger charge is -2.37. The monoisotopic (exact) mass is 240 g/mol. The average molecular weight is 241 g/mol. The van der Waals surface area contributed by atoms with Crippen molar-refractivity contribution >= 4 is 11.6 Å². The summed E-state index contributed by atoms with van der Waals surface area (Å²) in [6.45, 7) is 5.77. The fourth-order valence-electron chi connectivity index (χ4n) is 1.69. The molecule has 88 valence electrons. The SMILES string of the molecule is CCC1(C)COC(c2ccccc2Cl)OC1. The third-order valence-electron chi connectivity index (χ3n) is 3.18. The van der Waals surface area contributed by atoms with E-state index in [0.717, 1.165) is 25.2 Å². The highest BCUT2D eigenvalue weighted by molar-refractivity contribution is 6.31. The molecular weight excluding hydrogens is 224 g/mol. The third kappa shape index (κ3) is 2.40. The second-order valence-corrected chi connectivity index (χ2v) is 5.05. The summed E-state index contributed by atoms with van der Waals surface area (Å²) in [5.74, 6) is 0. The van der Waals surface area contributed by atoms with Gasteiger partial charge in [-0.1, -0.05) is 43.6 Å². The van der Waals surface area contributed by atoms with Crippen molar-refractivity contribution in [3.05, 3.63) is 34.9 Å². The zero-order valence-electron chi connectivity index (χ0n) is 9.70. The van der Waals surface area contributed by atoms with Gasteiger partial charge >= 0.3 is 0 Å². The molecule has 0 aromatic heterocycles. The summed E-state index contributed by atoms with van der Waals surface area (Å²) < 4.78 is 11.5. The minimum atomic E-state index is -0.312. The first-order chi connectivity index (χ1) is 7.64. The van der Waals surface area contributed by atoms with Crippen LogP contribution in [0.1, 0.15) is 32.1 Å². The van der Waals surface area contributed by atoms with E-state index in [2.05, 4.69) is 13.8 Å². The van der Waals surface area contributed by atoms with Crippen LogP contribution in [0.5, 0.6) is 0 Å². The molecule has 1 aliphatic rings. The summed E-state index contributed by atoms with van der Waals surface area (Å²) in [6, 6.07) is 7.66. The minimum Gasteiger partial charge on any atom is -0.348 e. The summed E-state index contributed by atoms with van der Waals surface area (Å²) in [5.41, 5.74) is 1.06. The van der Waals surface area contributed by atoms with Crippen LogP contribution < -0.4 is 0 Å². The maximum absolute atomic E-state index is 6.10. The van der Waals surface area contributed by atoms with E-state index in [9.17, 15) is 0 Å². The van der Waals surface area contributed by atoms with Crippen molar-refractivity contribution in [3.8, 4) is 0 Å². The Labute approximate surface area is 102 Å². The molecule has 1 fully saturated rings. The van der Waals surface area contributed by atoms with Crippen LogP contribution in [0.3, 0.4) is 0 Å². The van der Waals surface area contributed by atoms with Crippen molar-refractivity contribution in [1.82, 2.24) is 0 Å². The van der Waals surface area contributed by atoms with Crippen molar-refractivity contribution < 1.29 is 9.47 Å². The van der Waals surface area contributed by atoms with E-state index in [-0.39, 0.29) is 11.7 Å². The largest absolute Gasteiger partial charge is 0.348 e. The average Bonchev–Trinajstić information content (AvgIpc) is 2.31. The molecule has 2 nitrogen and oxygen atoms in total. The van der Waals surface area contributed by atoms with Gasteiger partial charge in [-0.2, -0.15) is 0 Å².